The van der Waals surface area contributed by atoms with Crippen molar-refractivity contribution in [3.05, 3.63) is 35.4 Å². The van der Waals surface area contributed by atoms with E-state index in [-0.39, 0.29) is 0 Å². The molecule has 2 rings (SSSR count). The number of aryl methyl sites for hydroxylation is 1. The van der Waals surface area contributed by atoms with Gasteiger partial charge in [0.15, 0.2) is 0 Å². The number of hydrogen-bond donors (Lipinski definition) is 1. The molecule has 1 heteroatoms. The summed E-state index contributed by atoms with van der Waals surface area (Å²) in [6.07, 6.45) is 2.62. The third kappa shape index (κ3) is 2.40. The average molecular weight is 203 g/mol. The fraction of sp³-hybridized carbons (Fsp3) is 0.571. The summed E-state index contributed by atoms with van der Waals surface area (Å²) in [5.41, 5.74) is 3.00. The van der Waals surface area contributed by atoms with Crippen LogP contribution in [-0.4, -0.2) is 12.1 Å². The Balaban J connectivity index is 1.92. The van der Waals surface area contributed by atoms with Gasteiger partial charge in [-0.1, -0.05) is 38.1 Å². The van der Waals surface area contributed by atoms with E-state index in [0.29, 0.717) is 6.04 Å². The molecule has 0 spiro atoms. The molecule has 0 atom stereocenters. The molecule has 1 aliphatic rings. The molecule has 15 heavy (non-hydrogen) atoms. The quantitative estimate of drug-likeness (QED) is 0.795. The van der Waals surface area contributed by atoms with Crippen LogP contribution >= 0.6 is 0 Å². The fourth-order valence-electron chi connectivity index (χ4n) is 2.52. The van der Waals surface area contributed by atoms with Crippen molar-refractivity contribution < 1.29 is 0 Å². The van der Waals surface area contributed by atoms with Gasteiger partial charge in [-0.05, 0) is 36.8 Å². The van der Waals surface area contributed by atoms with E-state index < -0.39 is 0 Å². The van der Waals surface area contributed by atoms with Gasteiger partial charge in [0.25, 0.3) is 0 Å². The molecule has 0 saturated heterocycles. The zero-order valence-corrected chi connectivity index (χ0v) is 9.96. The molecule has 1 fully saturated rings. The van der Waals surface area contributed by atoms with E-state index in [9.17, 15) is 0 Å². The molecule has 1 aliphatic carbocycles. The lowest BCUT2D eigenvalue weighted by Gasteiger charge is -2.38. The van der Waals surface area contributed by atoms with Crippen LogP contribution < -0.4 is 5.32 Å². The summed E-state index contributed by atoms with van der Waals surface area (Å²) in [6, 6.07) is 10.2. The van der Waals surface area contributed by atoms with Crippen LogP contribution in [0.2, 0.25) is 0 Å². The third-order valence-electron chi connectivity index (χ3n) is 3.34. The molecule has 1 aromatic carbocycles. The van der Waals surface area contributed by atoms with Gasteiger partial charge in [0.2, 0.25) is 0 Å². The van der Waals surface area contributed by atoms with Crippen LogP contribution in [-0.2, 0) is 0 Å². The largest absolute Gasteiger partial charge is 0.312 e. The van der Waals surface area contributed by atoms with E-state index >= 15 is 0 Å². The fourth-order valence-corrected chi connectivity index (χ4v) is 2.52. The minimum atomic E-state index is 0.618. The van der Waals surface area contributed by atoms with E-state index in [0.717, 1.165) is 12.0 Å². The minimum absolute atomic E-state index is 0.618. The third-order valence-corrected chi connectivity index (χ3v) is 3.34. The van der Waals surface area contributed by atoms with Gasteiger partial charge in [-0.25, -0.2) is 0 Å². The van der Waals surface area contributed by atoms with Gasteiger partial charge in [-0.2, -0.15) is 0 Å². The van der Waals surface area contributed by atoms with Crippen molar-refractivity contribution in [3.63, 3.8) is 0 Å². The molecular weight excluding hydrogens is 182 g/mol. The maximum Gasteiger partial charge on any atom is 0.00810 e. The Hall–Kier alpha value is -0.820. The molecule has 1 N–H and O–H groups in total. The summed E-state index contributed by atoms with van der Waals surface area (Å²) in [6.45, 7) is 6.67. The molecule has 0 unspecified atom stereocenters. The predicted octanol–water partition coefficient (Wildman–Crippen LogP) is 3.24. The first kappa shape index (κ1) is 10.7. The smallest absolute Gasteiger partial charge is 0.00810 e. The summed E-state index contributed by atoms with van der Waals surface area (Å²) < 4.78 is 0. The lowest BCUT2D eigenvalue weighted by molar-refractivity contribution is 0.274. The standard InChI is InChI=1S/C14H21N/c1-10(2)15-13-8-12(9-13)14-7-5-4-6-11(14)3/h4-7,10,12-13,15H,8-9H2,1-3H3. The summed E-state index contributed by atoms with van der Waals surface area (Å²) >= 11 is 0. The van der Waals surface area contributed by atoms with Crippen molar-refractivity contribution in [1.82, 2.24) is 5.32 Å². The Morgan fingerprint density at radius 1 is 1.20 bits per heavy atom. The molecular formula is C14H21N. The Kier molecular flexibility index (Phi) is 3.11. The minimum Gasteiger partial charge on any atom is -0.312 e. The highest BCUT2D eigenvalue weighted by molar-refractivity contribution is 5.31. The van der Waals surface area contributed by atoms with Crippen LogP contribution in [0.25, 0.3) is 0 Å². The van der Waals surface area contributed by atoms with Crippen LogP contribution in [0.1, 0.15) is 43.7 Å². The predicted molar refractivity (Wildman–Crippen MR) is 65.2 cm³/mol. The number of nitrogens with one attached hydrogen (secondary N) is 1. The van der Waals surface area contributed by atoms with Crippen LogP contribution in [0.4, 0.5) is 0 Å². The highest BCUT2D eigenvalue weighted by Crippen LogP contribution is 2.38. The lowest BCUT2D eigenvalue weighted by atomic mass is 9.74. The monoisotopic (exact) mass is 203 g/mol. The Morgan fingerprint density at radius 3 is 2.47 bits per heavy atom. The molecule has 0 heterocycles. The second kappa shape index (κ2) is 4.36. The summed E-state index contributed by atoms with van der Waals surface area (Å²) in [4.78, 5) is 0. The highest BCUT2D eigenvalue weighted by atomic mass is 15.0. The summed E-state index contributed by atoms with van der Waals surface area (Å²) in [5, 5.41) is 3.60. The van der Waals surface area contributed by atoms with Crippen molar-refractivity contribution >= 4 is 0 Å². The van der Waals surface area contributed by atoms with Gasteiger partial charge >= 0.3 is 0 Å². The van der Waals surface area contributed by atoms with E-state index in [1.54, 1.807) is 5.56 Å². The maximum atomic E-state index is 3.60. The lowest BCUT2D eigenvalue weighted by Crippen LogP contribution is -2.43. The van der Waals surface area contributed by atoms with Crippen molar-refractivity contribution in [2.24, 2.45) is 0 Å². The number of hydrogen-bond acceptors (Lipinski definition) is 1. The second-order valence-corrected chi connectivity index (χ2v) is 5.04. The van der Waals surface area contributed by atoms with Crippen LogP contribution in [0.15, 0.2) is 24.3 Å². The maximum absolute atomic E-state index is 3.60. The van der Waals surface area contributed by atoms with Crippen LogP contribution in [0.5, 0.6) is 0 Å². The van der Waals surface area contributed by atoms with Gasteiger partial charge < -0.3 is 5.32 Å². The first-order chi connectivity index (χ1) is 7.16. The van der Waals surface area contributed by atoms with Crippen LogP contribution in [0.3, 0.4) is 0 Å². The first-order valence-electron chi connectivity index (χ1n) is 5.98. The van der Waals surface area contributed by atoms with Crippen molar-refractivity contribution in [2.75, 3.05) is 0 Å². The number of benzene rings is 1. The van der Waals surface area contributed by atoms with Gasteiger partial charge in [0.1, 0.15) is 0 Å². The Labute approximate surface area is 92.9 Å². The SMILES string of the molecule is Cc1ccccc1C1CC(NC(C)C)C1. The van der Waals surface area contributed by atoms with Crippen molar-refractivity contribution in [1.29, 1.82) is 0 Å². The molecule has 1 aromatic rings. The van der Waals surface area contributed by atoms with Gasteiger partial charge in [-0.3, -0.25) is 0 Å². The van der Waals surface area contributed by atoms with Gasteiger partial charge in [-0.15, -0.1) is 0 Å². The average Bonchev–Trinajstić information content (AvgIpc) is 2.12. The van der Waals surface area contributed by atoms with Crippen LogP contribution in [0, 0.1) is 6.92 Å². The Morgan fingerprint density at radius 2 is 1.87 bits per heavy atom. The molecule has 82 valence electrons. The van der Waals surface area contributed by atoms with Gasteiger partial charge in [0.05, 0.1) is 0 Å². The molecule has 0 aromatic heterocycles. The number of rotatable bonds is 3. The highest BCUT2D eigenvalue weighted by Gasteiger charge is 2.30. The van der Waals surface area contributed by atoms with E-state index in [2.05, 4.69) is 50.4 Å². The van der Waals surface area contributed by atoms with Gasteiger partial charge in [0, 0.05) is 12.1 Å². The molecule has 1 nitrogen and oxygen atoms in total. The molecule has 1 saturated carbocycles. The molecule has 0 bridgehead atoms. The topological polar surface area (TPSA) is 12.0 Å². The Bertz CT molecular complexity index is 324. The van der Waals surface area contributed by atoms with Crippen molar-refractivity contribution in [2.45, 2.75) is 51.6 Å². The zero-order valence-electron chi connectivity index (χ0n) is 9.96. The molecule has 0 radical (unpaired) electrons. The normalized spacial score (nSPS) is 25.3. The molecule has 0 amide bonds. The second-order valence-electron chi connectivity index (χ2n) is 5.04. The summed E-state index contributed by atoms with van der Waals surface area (Å²) in [7, 11) is 0. The van der Waals surface area contributed by atoms with Crippen molar-refractivity contribution in [3.8, 4) is 0 Å². The van der Waals surface area contributed by atoms with E-state index in [1.165, 1.54) is 18.4 Å². The summed E-state index contributed by atoms with van der Waals surface area (Å²) in [5.74, 6) is 0.794. The van der Waals surface area contributed by atoms with E-state index in [1.807, 2.05) is 0 Å². The van der Waals surface area contributed by atoms with E-state index in [4.69, 9.17) is 0 Å². The first-order valence-corrected chi connectivity index (χ1v) is 5.98. The molecule has 0 aliphatic heterocycles. The zero-order chi connectivity index (χ0) is 10.8.